The van der Waals surface area contributed by atoms with Crippen LogP contribution < -0.4 is 9.03 Å². The number of fused-ring (bicyclic) bond motifs is 1. The SMILES string of the molecule is Cc1ccc(S(=O)(=O)Nc2ccc3c(c2)CCN3S(C)(=O)=O)cc1C. The van der Waals surface area contributed by atoms with Crippen molar-refractivity contribution in [3.8, 4) is 0 Å². The van der Waals surface area contributed by atoms with Gasteiger partial charge in [-0.15, -0.1) is 0 Å². The molecule has 0 amide bonds. The van der Waals surface area contributed by atoms with E-state index in [0.29, 0.717) is 24.3 Å². The average molecular weight is 380 g/mol. The molecule has 1 aliphatic rings. The van der Waals surface area contributed by atoms with Crippen molar-refractivity contribution in [2.75, 3.05) is 21.8 Å². The molecule has 0 atom stereocenters. The minimum Gasteiger partial charge on any atom is -0.280 e. The van der Waals surface area contributed by atoms with E-state index in [1.807, 2.05) is 13.8 Å². The van der Waals surface area contributed by atoms with Gasteiger partial charge in [0, 0.05) is 12.2 Å². The van der Waals surface area contributed by atoms with Crippen molar-refractivity contribution in [1.82, 2.24) is 0 Å². The predicted octanol–water partition coefficient (Wildman–Crippen LogP) is 2.43. The van der Waals surface area contributed by atoms with E-state index in [1.54, 1.807) is 36.4 Å². The third-order valence-electron chi connectivity index (χ3n) is 4.37. The van der Waals surface area contributed by atoms with Crippen LogP contribution in [0.1, 0.15) is 16.7 Å². The first-order valence-electron chi connectivity index (χ1n) is 7.79. The van der Waals surface area contributed by atoms with Crippen molar-refractivity contribution < 1.29 is 16.8 Å². The van der Waals surface area contributed by atoms with Crippen LogP contribution in [0.5, 0.6) is 0 Å². The zero-order valence-electron chi connectivity index (χ0n) is 14.3. The summed E-state index contributed by atoms with van der Waals surface area (Å²) >= 11 is 0. The highest BCUT2D eigenvalue weighted by molar-refractivity contribution is 7.92. The highest BCUT2D eigenvalue weighted by atomic mass is 32.2. The summed E-state index contributed by atoms with van der Waals surface area (Å²) < 4.78 is 52.6. The van der Waals surface area contributed by atoms with Crippen molar-refractivity contribution >= 4 is 31.4 Å². The third-order valence-corrected chi connectivity index (χ3v) is 6.93. The number of rotatable bonds is 4. The molecular weight excluding hydrogens is 360 g/mol. The molecule has 1 aliphatic heterocycles. The van der Waals surface area contributed by atoms with E-state index < -0.39 is 20.0 Å². The van der Waals surface area contributed by atoms with Crippen molar-refractivity contribution in [1.29, 1.82) is 0 Å². The molecule has 2 aromatic rings. The monoisotopic (exact) mass is 380 g/mol. The quantitative estimate of drug-likeness (QED) is 0.883. The largest absolute Gasteiger partial charge is 0.280 e. The van der Waals surface area contributed by atoms with Crippen LogP contribution in [-0.2, 0) is 26.5 Å². The minimum atomic E-state index is -3.69. The van der Waals surface area contributed by atoms with Crippen molar-refractivity contribution in [3.63, 3.8) is 0 Å². The lowest BCUT2D eigenvalue weighted by atomic mass is 10.1. The summed E-state index contributed by atoms with van der Waals surface area (Å²) in [4.78, 5) is 0.203. The third kappa shape index (κ3) is 3.50. The molecule has 134 valence electrons. The molecule has 0 aromatic heterocycles. The smallest absolute Gasteiger partial charge is 0.261 e. The Morgan fingerprint density at radius 3 is 2.32 bits per heavy atom. The molecule has 0 saturated heterocycles. The number of sulfonamides is 2. The van der Waals surface area contributed by atoms with Gasteiger partial charge in [-0.25, -0.2) is 16.8 Å². The molecule has 1 heterocycles. The van der Waals surface area contributed by atoms with E-state index in [4.69, 9.17) is 0 Å². The van der Waals surface area contributed by atoms with Gasteiger partial charge in [0.2, 0.25) is 10.0 Å². The molecule has 8 heteroatoms. The molecule has 2 aromatic carbocycles. The van der Waals surface area contributed by atoms with Crippen molar-refractivity contribution in [2.24, 2.45) is 0 Å². The van der Waals surface area contributed by atoms with E-state index in [1.165, 1.54) is 10.6 Å². The fourth-order valence-corrected chi connectivity index (χ4v) is 4.97. The van der Waals surface area contributed by atoms with Crippen LogP contribution in [0.15, 0.2) is 41.3 Å². The molecule has 0 spiro atoms. The first-order chi connectivity index (χ1) is 11.6. The zero-order chi connectivity index (χ0) is 18.4. The first kappa shape index (κ1) is 17.8. The number of hydrogen-bond donors (Lipinski definition) is 1. The van der Waals surface area contributed by atoms with Crippen LogP contribution in [0, 0.1) is 13.8 Å². The lowest BCUT2D eigenvalue weighted by Crippen LogP contribution is -2.27. The van der Waals surface area contributed by atoms with Gasteiger partial charge in [0.15, 0.2) is 0 Å². The molecular formula is C17H20N2O4S2. The summed E-state index contributed by atoms with van der Waals surface area (Å²) in [6.45, 7) is 4.16. The number of benzene rings is 2. The topological polar surface area (TPSA) is 83.6 Å². The summed E-state index contributed by atoms with van der Waals surface area (Å²) in [6.07, 6.45) is 1.72. The van der Waals surface area contributed by atoms with E-state index >= 15 is 0 Å². The van der Waals surface area contributed by atoms with Gasteiger partial charge in [0.1, 0.15) is 0 Å². The Balaban J connectivity index is 1.90. The van der Waals surface area contributed by atoms with E-state index in [9.17, 15) is 16.8 Å². The van der Waals surface area contributed by atoms with E-state index in [2.05, 4.69) is 4.72 Å². The highest BCUT2D eigenvalue weighted by Gasteiger charge is 2.26. The summed E-state index contributed by atoms with van der Waals surface area (Å²) in [5.74, 6) is 0. The van der Waals surface area contributed by atoms with E-state index in [-0.39, 0.29) is 4.90 Å². The minimum absolute atomic E-state index is 0.203. The Kier molecular flexibility index (Phi) is 4.28. The second-order valence-corrected chi connectivity index (χ2v) is 9.87. The molecule has 0 radical (unpaired) electrons. The van der Waals surface area contributed by atoms with Crippen LogP contribution in [0.2, 0.25) is 0 Å². The summed E-state index contributed by atoms with van der Waals surface area (Å²) in [5, 5.41) is 0. The Bertz CT molecular complexity index is 1040. The highest BCUT2D eigenvalue weighted by Crippen LogP contribution is 2.32. The van der Waals surface area contributed by atoms with Gasteiger partial charge < -0.3 is 0 Å². The van der Waals surface area contributed by atoms with Gasteiger partial charge in [-0.3, -0.25) is 9.03 Å². The molecule has 0 saturated carbocycles. The van der Waals surface area contributed by atoms with Gasteiger partial charge >= 0.3 is 0 Å². The summed E-state index contributed by atoms with van der Waals surface area (Å²) in [6, 6.07) is 9.90. The molecule has 3 rings (SSSR count). The maximum Gasteiger partial charge on any atom is 0.261 e. The van der Waals surface area contributed by atoms with Gasteiger partial charge in [0.05, 0.1) is 16.8 Å². The van der Waals surface area contributed by atoms with Crippen molar-refractivity contribution in [3.05, 3.63) is 53.1 Å². The van der Waals surface area contributed by atoms with Crippen LogP contribution >= 0.6 is 0 Å². The summed E-state index contributed by atoms with van der Waals surface area (Å²) in [7, 11) is -7.01. The van der Waals surface area contributed by atoms with Crippen LogP contribution in [-0.4, -0.2) is 29.6 Å². The van der Waals surface area contributed by atoms with Crippen LogP contribution in [0.4, 0.5) is 11.4 Å². The number of anilines is 2. The molecule has 0 bridgehead atoms. The number of nitrogens with zero attached hydrogens (tertiary/aromatic N) is 1. The molecule has 25 heavy (non-hydrogen) atoms. The lowest BCUT2D eigenvalue weighted by molar-refractivity contribution is 0.597. The van der Waals surface area contributed by atoms with Gasteiger partial charge in [0.25, 0.3) is 10.0 Å². The Labute approximate surface area is 148 Å². The lowest BCUT2D eigenvalue weighted by Gasteiger charge is -2.17. The van der Waals surface area contributed by atoms with Gasteiger partial charge in [-0.05, 0) is 67.3 Å². The average Bonchev–Trinajstić information content (AvgIpc) is 2.92. The fraction of sp³-hybridized carbons (Fsp3) is 0.294. The fourth-order valence-electron chi connectivity index (χ4n) is 2.87. The molecule has 6 nitrogen and oxygen atoms in total. The number of nitrogens with one attached hydrogen (secondary N) is 1. The Morgan fingerprint density at radius 2 is 1.68 bits per heavy atom. The molecule has 0 fully saturated rings. The maximum atomic E-state index is 12.6. The van der Waals surface area contributed by atoms with Gasteiger partial charge in [-0.2, -0.15) is 0 Å². The summed E-state index contributed by atoms with van der Waals surface area (Å²) in [5.41, 5.74) is 3.77. The second kappa shape index (κ2) is 6.03. The normalized spacial score (nSPS) is 14.4. The predicted molar refractivity (Wildman–Crippen MR) is 99.1 cm³/mol. The van der Waals surface area contributed by atoms with Gasteiger partial charge in [-0.1, -0.05) is 6.07 Å². The molecule has 0 aliphatic carbocycles. The van der Waals surface area contributed by atoms with Crippen LogP contribution in [0.25, 0.3) is 0 Å². The first-order valence-corrected chi connectivity index (χ1v) is 11.1. The second-order valence-electron chi connectivity index (χ2n) is 6.28. The number of hydrogen-bond acceptors (Lipinski definition) is 4. The maximum absolute atomic E-state index is 12.6. The van der Waals surface area contributed by atoms with E-state index in [0.717, 1.165) is 16.7 Å². The Hall–Kier alpha value is -2.06. The number of aryl methyl sites for hydroxylation is 2. The zero-order valence-corrected chi connectivity index (χ0v) is 15.9. The standard InChI is InChI=1S/C17H20N2O4S2/c1-12-4-6-16(10-13(12)2)25(22,23)18-15-5-7-17-14(11-15)8-9-19(17)24(3,20)21/h4-7,10-11,18H,8-9H2,1-3H3. The van der Waals surface area contributed by atoms with Crippen molar-refractivity contribution in [2.45, 2.75) is 25.2 Å². The Morgan fingerprint density at radius 1 is 0.960 bits per heavy atom. The van der Waals surface area contributed by atoms with Crippen LogP contribution in [0.3, 0.4) is 0 Å². The molecule has 0 unspecified atom stereocenters. The molecule has 1 N–H and O–H groups in total.